The Labute approximate surface area is 101 Å². The molecule has 1 N–H and O–H groups in total. The van der Waals surface area contributed by atoms with Crippen LogP contribution in [0.15, 0.2) is 0 Å². The average Bonchev–Trinajstić information content (AvgIpc) is 2.97. The molecule has 1 atom stereocenters. The van der Waals surface area contributed by atoms with Crippen molar-refractivity contribution in [2.24, 2.45) is 0 Å². The summed E-state index contributed by atoms with van der Waals surface area (Å²) in [6.45, 7) is 3.97. The van der Waals surface area contributed by atoms with E-state index < -0.39 is 11.5 Å². The van der Waals surface area contributed by atoms with Crippen molar-refractivity contribution in [3.8, 4) is 0 Å². The van der Waals surface area contributed by atoms with Crippen LogP contribution in [0.4, 0.5) is 4.79 Å². The lowest BCUT2D eigenvalue weighted by molar-refractivity contribution is -0.148. The maximum Gasteiger partial charge on any atom is 0.329 e. The zero-order chi connectivity index (χ0) is 12.5. The van der Waals surface area contributed by atoms with Gasteiger partial charge in [0.15, 0.2) is 0 Å². The van der Waals surface area contributed by atoms with Crippen LogP contribution in [-0.4, -0.2) is 52.1 Å². The maximum absolute atomic E-state index is 12.3. The van der Waals surface area contributed by atoms with Crippen LogP contribution >= 0.6 is 0 Å². The number of nitrogens with zero attached hydrogens (tertiary/aromatic N) is 2. The van der Waals surface area contributed by atoms with E-state index in [2.05, 4.69) is 0 Å². The Hall–Kier alpha value is -1.26. The molecule has 5 heteroatoms. The van der Waals surface area contributed by atoms with Gasteiger partial charge >= 0.3 is 12.0 Å². The van der Waals surface area contributed by atoms with Crippen molar-refractivity contribution in [2.75, 3.05) is 19.6 Å². The average molecular weight is 240 g/mol. The first-order valence-corrected chi connectivity index (χ1v) is 6.42. The topological polar surface area (TPSA) is 60.9 Å². The van der Waals surface area contributed by atoms with Crippen LogP contribution in [0.25, 0.3) is 0 Å². The standard InChI is InChI=1S/C12H20N2O3/c1-2-12(10(15)16)6-5-9-14(12)11(17)13-7-3-4-8-13/h2-9H2,1H3,(H,15,16). The smallest absolute Gasteiger partial charge is 0.329 e. The second-order valence-corrected chi connectivity index (χ2v) is 4.92. The highest BCUT2D eigenvalue weighted by Crippen LogP contribution is 2.34. The van der Waals surface area contributed by atoms with Crippen molar-refractivity contribution in [1.82, 2.24) is 9.80 Å². The van der Waals surface area contributed by atoms with Crippen molar-refractivity contribution in [2.45, 2.75) is 44.6 Å². The molecular formula is C12H20N2O3. The summed E-state index contributed by atoms with van der Waals surface area (Å²) in [5.74, 6) is -0.856. The molecule has 0 bridgehead atoms. The van der Waals surface area contributed by atoms with Gasteiger partial charge in [0.2, 0.25) is 0 Å². The molecule has 0 saturated carbocycles. The van der Waals surface area contributed by atoms with Crippen LogP contribution in [0.5, 0.6) is 0 Å². The Bertz CT molecular complexity index is 326. The number of hydrogen-bond donors (Lipinski definition) is 1. The second-order valence-electron chi connectivity index (χ2n) is 4.92. The number of likely N-dealkylation sites (tertiary alicyclic amines) is 2. The quantitative estimate of drug-likeness (QED) is 0.796. The lowest BCUT2D eigenvalue weighted by Gasteiger charge is -2.36. The Morgan fingerprint density at radius 3 is 2.35 bits per heavy atom. The van der Waals surface area contributed by atoms with Crippen LogP contribution < -0.4 is 0 Å². The van der Waals surface area contributed by atoms with E-state index >= 15 is 0 Å². The normalized spacial score (nSPS) is 28.8. The van der Waals surface area contributed by atoms with E-state index in [0.29, 0.717) is 19.4 Å². The molecule has 0 spiro atoms. The first kappa shape index (κ1) is 12.2. The van der Waals surface area contributed by atoms with Crippen molar-refractivity contribution < 1.29 is 14.7 Å². The number of rotatable bonds is 2. The van der Waals surface area contributed by atoms with E-state index in [4.69, 9.17) is 0 Å². The van der Waals surface area contributed by atoms with Crippen LogP contribution in [0.2, 0.25) is 0 Å². The number of carboxylic acids is 1. The van der Waals surface area contributed by atoms with Crippen LogP contribution in [0.3, 0.4) is 0 Å². The Morgan fingerprint density at radius 2 is 1.82 bits per heavy atom. The molecule has 2 aliphatic rings. The van der Waals surface area contributed by atoms with E-state index in [1.165, 1.54) is 0 Å². The van der Waals surface area contributed by atoms with Gasteiger partial charge in [0, 0.05) is 19.6 Å². The maximum atomic E-state index is 12.3. The first-order valence-electron chi connectivity index (χ1n) is 6.42. The Kier molecular flexibility index (Phi) is 3.26. The molecule has 1 unspecified atom stereocenters. The van der Waals surface area contributed by atoms with Gasteiger partial charge in [-0.15, -0.1) is 0 Å². The summed E-state index contributed by atoms with van der Waals surface area (Å²) in [5, 5.41) is 9.41. The summed E-state index contributed by atoms with van der Waals surface area (Å²) < 4.78 is 0. The van der Waals surface area contributed by atoms with Crippen molar-refractivity contribution in [3.63, 3.8) is 0 Å². The fourth-order valence-electron chi connectivity index (χ4n) is 2.98. The van der Waals surface area contributed by atoms with Crippen LogP contribution in [0, 0.1) is 0 Å². The lowest BCUT2D eigenvalue weighted by Crippen LogP contribution is -2.56. The summed E-state index contributed by atoms with van der Waals surface area (Å²) >= 11 is 0. The van der Waals surface area contributed by atoms with Gasteiger partial charge in [-0.25, -0.2) is 9.59 Å². The van der Waals surface area contributed by atoms with Gasteiger partial charge < -0.3 is 14.9 Å². The third-order valence-electron chi connectivity index (χ3n) is 4.08. The van der Waals surface area contributed by atoms with Gasteiger partial charge in [-0.05, 0) is 32.1 Å². The number of aliphatic carboxylic acids is 1. The molecule has 0 aromatic heterocycles. The van der Waals surface area contributed by atoms with Gasteiger partial charge in [0.05, 0.1) is 0 Å². The van der Waals surface area contributed by atoms with Gasteiger partial charge in [0.1, 0.15) is 5.54 Å². The number of hydrogen-bond acceptors (Lipinski definition) is 2. The zero-order valence-electron chi connectivity index (χ0n) is 10.3. The van der Waals surface area contributed by atoms with Crippen molar-refractivity contribution in [1.29, 1.82) is 0 Å². The molecule has 2 saturated heterocycles. The predicted molar refractivity (Wildman–Crippen MR) is 62.8 cm³/mol. The number of carbonyl (C=O) groups excluding carboxylic acids is 1. The Balaban J connectivity index is 2.18. The molecule has 2 heterocycles. The molecular weight excluding hydrogens is 220 g/mol. The largest absolute Gasteiger partial charge is 0.479 e. The highest BCUT2D eigenvalue weighted by atomic mass is 16.4. The minimum atomic E-state index is -0.959. The minimum absolute atomic E-state index is 0.0794. The highest BCUT2D eigenvalue weighted by Gasteiger charge is 2.49. The van der Waals surface area contributed by atoms with E-state index in [1.807, 2.05) is 6.92 Å². The Morgan fingerprint density at radius 1 is 1.18 bits per heavy atom. The number of carboxylic acid groups (broad SMARTS) is 1. The van der Waals surface area contributed by atoms with E-state index in [1.54, 1.807) is 9.80 Å². The second kappa shape index (κ2) is 4.55. The van der Waals surface area contributed by atoms with Gasteiger partial charge in [-0.1, -0.05) is 6.92 Å². The molecule has 0 aromatic rings. The molecule has 2 aliphatic heterocycles. The molecule has 17 heavy (non-hydrogen) atoms. The molecule has 0 aromatic carbocycles. The summed E-state index contributed by atoms with van der Waals surface area (Å²) in [6, 6.07) is -0.0794. The molecule has 0 radical (unpaired) electrons. The fourth-order valence-corrected chi connectivity index (χ4v) is 2.98. The number of urea groups is 1. The summed E-state index contributed by atoms with van der Waals surface area (Å²) in [7, 11) is 0. The van der Waals surface area contributed by atoms with E-state index in [9.17, 15) is 14.7 Å². The summed E-state index contributed by atoms with van der Waals surface area (Å²) in [5.41, 5.74) is -0.959. The van der Waals surface area contributed by atoms with Crippen molar-refractivity contribution >= 4 is 12.0 Å². The zero-order valence-corrected chi connectivity index (χ0v) is 10.3. The lowest BCUT2D eigenvalue weighted by atomic mass is 9.93. The monoisotopic (exact) mass is 240 g/mol. The van der Waals surface area contributed by atoms with Crippen LogP contribution in [-0.2, 0) is 4.79 Å². The SMILES string of the molecule is CCC1(C(=O)O)CCCN1C(=O)N1CCCC1. The number of carbonyl (C=O) groups is 2. The first-order chi connectivity index (χ1) is 8.12. The van der Waals surface area contributed by atoms with Gasteiger partial charge in [-0.2, -0.15) is 0 Å². The molecule has 0 aliphatic carbocycles. The van der Waals surface area contributed by atoms with E-state index in [-0.39, 0.29) is 6.03 Å². The van der Waals surface area contributed by atoms with Crippen LogP contribution in [0.1, 0.15) is 39.0 Å². The third kappa shape index (κ3) is 1.87. The van der Waals surface area contributed by atoms with Gasteiger partial charge in [0.25, 0.3) is 0 Å². The summed E-state index contributed by atoms with van der Waals surface area (Å²) in [4.78, 5) is 27.2. The van der Waals surface area contributed by atoms with Gasteiger partial charge in [-0.3, -0.25) is 0 Å². The predicted octanol–water partition coefficient (Wildman–Crippen LogP) is 1.53. The molecule has 2 rings (SSSR count). The highest BCUT2D eigenvalue weighted by molar-refractivity contribution is 5.87. The third-order valence-corrected chi connectivity index (χ3v) is 4.08. The minimum Gasteiger partial charge on any atom is -0.479 e. The van der Waals surface area contributed by atoms with Crippen molar-refractivity contribution in [3.05, 3.63) is 0 Å². The molecule has 5 nitrogen and oxygen atoms in total. The van der Waals surface area contributed by atoms with E-state index in [0.717, 1.165) is 32.4 Å². The summed E-state index contributed by atoms with van der Waals surface area (Å²) in [6.07, 6.45) is 3.93. The molecule has 2 fully saturated rings. The molecule has 96 valence electrons. The number of amides is 2. The fraction of sp³-hybridized carbons (Fsp3) is 0.833. The molecule has 2 amide bonds.